The monoisotopic (exact) mass is 725 g/mol. The van der Waals surface area contributed by atoms with Gasteiger partial charge in [-0.15, -0.1) is 11.3 Å². The van der Waals surface area contributed by atoms with Crippen molar-refractivity contribution in [1.82, 2.24) is 19.8 Å². The Morgan fingerprint density at radius 2 is 1.40 bits per heavy atom. The summed E-state index contributed by atoms with van der Waals surface area (Å²) in [6.45, 7) is 16.8. The SMILES string of the molecule is C[C@H]1C[C@@H](C2=NC=C(c3ccc(-c4ccc(-c5cc6[nH]c([C@@H]7C[C@H](C)CN7C(=O)OC(C)(C)C)nc6s5)cc4)c(F)c3)C2)N(C(=O)OC(C)(C)C)C1. The minimum atomic E-state index is -0.571. The van der Waals surface area contributed by atoms with Gasteiger partial charge in [0.2, 0.25) is 0 Å². The molecule has 5 heterocycles. The Morgan fingerprint density at radius 1 is 0.827 bits per heavy atom. The van der Waals surface area contributed by atoms with Crippen LogP contribution in [-0.4, -0.2) is 68.0 Å². The fourth-order valence-corrected chi connectivity index (χ4v) is 8.43. The number of nitrogens with one attached hydrogen (secondary N) is 1. The molecule has 0 unspecified atom stereocenters. The first-order chi connectivity index (χ1) is 24.5. The number of thiophene rings is 1. The zero-order chi connectivity index (χ0) is 37.1. The number of allylic oxidation sites excluding steroid dienone is 1. The van der Waals surface area contributed by atoms with E-state index in [1.165, 1.54) is 0 Å². The summed E-state index contributed by atoms with van der Waals surface area (Å²) >= 11 is 1.59. The number of halogens is 1. The number of aromatic amines is 1. The number of fused-ring (bicyclic) bond motifs is 1. The smallest absolute Gasteiger partial charge is 0.410 e. The highest BCUT2D eigenvalue weighted by Crippen LogP contribution is 2.40. The first-order valence-corrected chi connectivity index (χ1v) is 19.0. The zero-order valence-electron chi connectivity index (χ0n) is 31.2. The van der Waals surface area contributed by atoms with Gasteiger partial charge < -0.3 is 14.5 Å². The van der Waals surface area contributed by atoms with Crippen molar-refractivity contribution in [3.63, 3.8) is 0 Å². The van der Waals surface area contributed by atoms with Crippen molar-refractivity contribution < 1.29 is 23.5 Å². The average Bonchev–Trinajstić information content (AvgIpc) is 3.87. The van der Waals surface area contributed by atoms with Crippen molar-refractivity contribution in [2.45, 2.75) is 97.9 Å². The van der Waals surface area contributed by atoms with Gasteiger partial charge in [-0.05, 0) is 101 Å². The highest BCUT2D eigenvalue weighted by molar-refractivity contribution is 7.21. The molecule has 2 aromatic heterocycles. The number of benzene rings is 2. The van der Waals surface area contributed by atoms with Crippen molar-refractivity contribution >= 4 is 45.2 Å². The number of imidazole rings is 1. The van der Waals surface area contributed by atoms with Crippen LogP contribution in [0.15, 0.2) is 59.7 Å². The van der Waals surface area contributed by atoms with E-state index in [0.29, 0.717) is 36.9 Å². The lowest BCUT2D eigenvalue weighted by molar-refractivity contribution is 0.0212. The summed E-state index contributed by atoms with van der Waals surface area (Å²) in [5.41, 5.74) is 4.77. The van der Waals surface area contributed by atoms with Crippen LogP contribution in [0.3, 0.4) is 0 Å². The number of hydrogen-bond donors (Lipinski definition) is 1. The topological polar surface area (TPSA) is 100 Å². The molecule has 0 bridgehead atoms. The molecule has 2 saturated heterocycles. The third-order valence-corrected chi connectivity index (χ3v) is 10.8. The molecule has 0 spiro atoms. The number of ether oxygens (including phenoxy) is 2. The molecule has 0 aliphatic carbocycles. The number of H-pyrrole nitrogens is 1. The second-order valence-electron chi connectivity index (χ2n) is 16.7. The van der Waals surface area contributed by atoms with Crippen LogP contribution in [0, 0.1) is 17.7 Å². The molecule has 2 fully saturated rings. The van der Waals surface area contributed by atoms with Crippen LogP contribution in [0.5, 0.6) is 0 Å². The van der Waals surface area contributed by atoms with E-state index >= 15 is 4.39 Å². The Kier molecular flexibility index (Phi) is 9.30. The highest BCUT2D eigenvalue weighted by atomic mass is 32.1. The van der Waals surface area contributed by atoms with Crippen LogP contribution in [0.2, 0.25) is 0 Å². The lowest BCUT2D eigenvalue weighted by Crippen LogP contribution is -2.43. The van der Waals surface area contributed by atoms with E-state index in [4.69, 9.17) is 19.5 Å². The summed E-state index contributed by atoms with van der Waals surface area (Å²) in [6, 6.07) is 15.1. The molecular weight excluding hydrogens is 678 g/mol. The Bertz CT molecular complexity index is 2040. The van der Waals surface area contributed by atoms with Crippen LogP contribution >= 0.6 is 11.3 Å². The number of nitrogens with zero attached hydrogens (tertiary/aromatic N) is 4. The Morgan fingerprint density at radius 3 is 2.00 bits per heavy atom. The van der Waals surface area contributed by atoms with Gasteiger partial charge in [-0.25, -0.2) is 19.0 Å². The predicted molar refractivity (Wildman–Crippen MR) is 205 cm³/mol. The molecule has 0 saturated carbocycles. The number of likely N-dealkylation sites (tertiary alicyclic amines) is 2. The van der Waals surface area contributed by atoms with E-state index < -0.39 is 11.2 Å². The summed E-state index contributed by atoms with van der Waals surface area (Å²) in [5.74, 6) is 1.17. The maximum absolute atomic E-state index is 15.7. The van der Waals surface area contributed by atoms with E-state index in [0.717, 1.165) is 61.9 Å². The van der Waals surface area contributed by atoms with Gasteiger partial charge in [-0.3, -0.25) is 14.8 Å². The Hall–Kier alpha value is -4.51. The van der Waals surface area contributed by atoms with Gasteiger partial charge in [-0.1, -0.05) is 50.2 Å². The van der Waals surface area contributed by atoms with Crippen LogP contribution in [0.1, 0.15) is 92.1 Å². The van der Waals surface area contributed by atoms with Gasteiger partial charge >= 0.3 is 12.2 Å². The third kappa shape index (κ3) is 7.51. The molecule has 2 amide bonds. The fraction of sp³-hybridized carbons (Fsp3) is 0.463. The number of carbonyl (C=O) groups is 2. The molecule has 3 aliphatic rings. The molecule has 9 nitrogen and oxygen atoms in total. The van der Waals surface area contributed by atoms with E-state index in [2.05, 4.69) is 24.9 Å². The van der Waals surface area contributed by atoms with E-state index in [9.17, 15) is 9.59 Å². The molecular formula is C41H48FN5O4S. The fourth-order valence-electron chi connectivity index (χ4n) is 7.43. The molecule has 11 heteroatoms. The summed E-state index contributed by atoms with van der Waals surface area (Å²) in [6.07, 6.45) is 3.40. The number of aromatic nitrogens is 2. The van der Waals surface area contributed by atoms with Crippen LogP contribution in [0.25, 0.3) is 37.5 Å². The maximum Gasteiger partial charge on any atom is 0.410 e. The number of carbonyl (C=O) groups excluding carboxylic acids is 2. The summed E-state index contributed by atoms with van der Waals surface area (Å²) in [5, 5.41) is 0. The first-order valence-electron chi connectivity index (χ1n) is 18.2. The molecule has 0 radical (unpaired) electrons. The predicted octanol–water partition coefficient (Wildman–Crippen LogP) is 10.2. The van der Waals surface area contributed by atoms with Crippen molar-refractivity contribution in [3.05, 3.63) is 71.9 Å². The van der Waals surface area contributed by atoms with Crippen LogP contribution in [0.4, 0.5) is 14.0 Å². The van der Waals surface area contributed by atoms with Gasteiger partial charge in [0.15, 0.2) is 0 Å². The van der Waals surface area contributed by atoms with Crippen LogP contribution < -0.4 is 0 Å². The lowest BCUT2D eigenvalue weighted by atomic mass is 9.95. The average molecular weight is 726 g/mol. The van der Waals surface area contributed by atoms with Crippen molar-refractivity contribution in [1.29, 1.82) is 0 Å². The third-order valence-electron chi connectivity index (χ3n) is 9.75. The van der Waals surface area contributed by atoms with E-state index in [1.54, 1.807) is 33.4 Å². The molecule has 3 aliphatic heterocycles. The van der Waals surface area contributed by atoms with Gasteiger partial charge in [0.25, 0.3) is 0 Å². The molecule has 1 N–H and O–H groups in total. The number of hydrogen-bond acceptors (Lipinski definition) is 7. The molecule has 52 heavy (non-hydrogen) atoms. The van der Waals surface area contributed by atoms with Gasteiger partial charge in [0.05, 0.1) is 17.6 Å². The van der Waals surface area contributed by atoms with E-state index in [-0.39, 0.29) is 30.1 Å². The summed E-state index contributed by atoms with van der Waals surface area (Å²) < 4.78 is 27.0. The molecule has 2 aromatic carbocycles. The summed E-state index contributed by atoms with van der Waals surface area (Å²) in [7, 11) is 0. The van der Waals surface area contributed by atoms with Crippen molar-refractivity contribution in [2.75, 3.05) is 13.1 Å². The van der Waals surface area contributed by atoms with Crippen molar-refractivity contribution in [2.24, 2.45) is 16.8 Å². The number of aliphatic imine (C=N–C) groups is 1. The molecule has 274 valence electrons. The first kappa shape index (κ1) is 35.9. The highest BCUT2D eigenvalue weighted by Gasteiger charge is 2.40. The minimum absolute atomic E-state index is 0.124. The van der Waals surface area contributed by atoms with Crippen molar-refractivity contribution in [3.8, 4) is 21.6 Å². The van der Waals surface area contributed by atoms with Gasteiger partial charge in [0.1, 0.15) is 27.7 Å². The standard InChI is InChI=1S/C41H48FN5O4S/c1-23-15-33(46(21-23)38(48)50-40(3,4)5)31-18-28(20-43-31)27-13-14-29(30(42)17-27)25-9-11-26(12-10-25)35-19-32-37(52-35)45-36(44-32)34-16-24(2)22-47(34)39(49)51-41(6,7)8/h9-14,17,19-20,23-24,33-34H,15-16,18,21-22H2,1-8H3,(H,44,45)/t23-,24-,33-,34-/m0/s1. The molecule has 7 rings (SSSR count). The minimum Gasteiger partial charge on any atom is -0.444 e. The Balaban J connectivity index is 1.01. The second kappa shape index (κ2) is 13.5. The lowest BCUT2D eigenvalue weighted by Gasteiger charge is -2.28. The van der Waals surface area contributed by atoms with Gasteiger partial charge in [0, 0.05) is 41.9 Å². The largest absolute Gasteiger partial charge is 0.444 e. The number of rotatable bonds is 5. The maximum atomic E-state index is 15.7. The quantitative estimate of drug-likeness (QED) is 0.221. The zero-order valence-corrected chi connectivity index (χ0v) is 32.1. The van der Waals surface area contributed by atoms with Gasteiger partial charge in [-0.2, -0.15) is 0 Å². The molecule has 4 atom stereocenters. The Labute approximate surface area is 308 Å². The van der Waals surface area contributed by atoms with E-state index in [1.807, 2.05) is 77.9 Å². The van der Waals surface area contributed by atoms with Crippen LogP contribution in [-0.2, 0) is 9.47 Å². The molecule has 4 aromatic rings. The normalized spacial score (nSPS) is 22.2. The summed E-state index contributed by atoms with van der Waals surface area (Å²) in [4.78, 5) is 44.5. The second-order valence-corrected chi connectivity index (χ2v) is 17.7. The number of amides is 2.